The Bertz CT molecular complexity index is 1420. The standard InChI is InChI=1S/C25H25ClN6O3/c1-15-6-9-28-16(10-15)12-32-22(18-11-17(4-5-19(18)26)34-13-20(33)27-3)31-21-23(32)29-14-30-24(21)35-25(2)7-8-25/h4-6,9-11,14H,7-8,12-13H2,1-3H3,(H,27,33). The van der Waals surface area contributed by atoms with Gasteiger partial charge in [0.1, 0.15) is 23.5 Å². The summed E-state index contributed by atoms with van der Waals surface area (Å²) in [6, 6.07) is 9.17. The average molecular weight is 493 g/mol. The lowest BCUT2D eigenvalue weighted by molar-refractivity contribution is -0.122. The second-order valence-corrected chi connectivity index (χ2v) is 9.26. The van der Waals surface area contributed by atoms with Crippen LogP contribution in [0.25, 0.3) is 22.6 Å². The van der Waals surface area contributed by atoms with Crippen LogP contribution in [0.15, 0.2) is 42.9 Å². The van der Waals surface area contributed by atoms with E-state index in [1.54, 1.807) is 31.4 Å². The van der Waals surface area contributed by atoms with Crippen LogP contribution < -0.4 is 14.8 Å². The first-order valence-electron chi connectivity index (χ1n) is 11.3. The van der Waals surface area contributed by atoms with Crippen molar-refractivity contribution < 1.29 is 14.3 Å². The number of aryl methyl sites for hydroxylation is 1. The zero-order valence-corrected chi connectivity index (χ0v) is 20.5. The summed E-state index contributed by atoms with van der Waals surface area (Å²) in [6.45, 7) is 4.39. The van der Waals surface area contributed by atoms with E-state index in [4.69, 9.17) is 26.1 Å². The van der Waals surface area contributed by atoms with Crippen LogP contribution in [0.1, 0.15) is 31.0 Å². The fourth-order valence-electron chi connectivity index (χ4n) is 3.69. The van der Waals surface area contributed by atoms with Crippen LogP contribution in [-0.2, 0) is 11.3 Å². The van der Waals surface area contributed by atoms with Gasteiger partial charge in [0.15, 0.2) is 17.8 Å². The number of likely N-dealkylation sites (N-methyl/N-ethyl adjacent to an activating group) is 1. The molecule has 4 aromatic rings. The van der Waals surface area contributed by atoms with Crippen LogP contribution >= 0.6 is 11.6 Å². The number of hydrogen-bond acceptors (Lipinski definition) is 7. The van der Waals surface area contributed by atoms with Crippen LogP contribution in [0.3, 0.4) is 0 Å². The maximum absolute atomic E-state index is 11.7. The fourth-order valence-corrected chi connectivity index (χ4v) is 3.89. The zero-order chi connectivity index (χ0) is 24.6. The van der Waals surface area contributed by atoms with E-state index in [9.17, 15) is 4.79 Å². The van der Waals surface area contributed by atoms with E-state index < -0.39 is 0 Å². The molecule has 0 atom stereocenters. The van der Waals surface area contributed by atoms with Gasteiger partial charge < -0.3 is 19.4 Å². The monoisotopic (exact) mass is 492 g/mol. The van der Waals surface area contributed by atoms with E-state index in [1.807, 2.05) is 23.6 Å². The van der Waals surface area contributed by atoms with Crippen molar-refractivity contribution >= 4 is 28.7 Å². The zero-order valence-electron chi connectivity index (χ0n) is 19.7. The lowest BCUT2D eigenvalue weighted by Crippen LogP contribution is -2.24. The number of rotatable bonds is 8. The van der Waals surface area contributed by atoms with Gasteiger partial charge in [-0.05, 0) is 62.6 Å². The number of benzene rings is 1. The minimum atomic E-state index is -0.232. The molecule has 0 saturated heterocycles. The first-order chi connectivity index (χ1) is 16.8. The van der Waals surface area contributed by atoms with Gasteiger partial charge in [-0.2, -0.15) is 4.98 Å². The number of ether oxygens (including phenoxy) is 2. The molecular weight excluding hydrogens is 468 g/mol. The summed E-state index contributed by atoms with van der Waals surface area (Å²) in [5.74, 6) is 1.28. The van der Waals surface area contributed by atoms with Gasteiger partial charge in [-0.25, -0.2) is 9.97 Å². The fraction of sp³-hybridized carbons (Fsp3) is 0.320. The number of aromatic nitrogens is 5. The van der Waals surface area contributed by atoms with E-state index in [0.717, 1.165) is 24.1 Å². The Kier molecular flexibility index (Phi) is 6.02. The number of fused-ring (bicyclic) bond motifs is 1. The predicted octanol–water partition coefficient (Wildman–Crippen LogP) is 3.95. The number of pyridine rings is 1. The largest absolute Gasteiger partial charge is 0.484 e. The van der Waals surface area contributed by atoms with Crippen LogP contribution in [0.4, 0.5) is 0 Å². The van der Waals surface area contributed by atoms with Gasteiger partial charge in [0.25, 0.3) is 5.91 Å². The van der Waals surface area contributed by atoms with Crippen molar-refractivity contribution in [2.24, 2.45) is 0 Å². The highest BCUT2D eigenvalue weighted by atomic mass is 35.5. The maximum Gasteiger partial charge on any atom is 0.257 e. The predicted molar refractivity (Wildman–Crippen MR) is 132 cm³/mol. The second-order valence-electron chi connectivity index (χ2n) is 8.85. The summed E-state index contributed by atoms with van der Waals surface area (Å²) in [5, 5.41) is 3.02. The molecule has 1 saturated carbocycles. The molecule has 0 unspecified atom stereocenters. The molecule has 1 N–H and O–H groups in total. The summed E-state index contributed by atoms with van der Waals surface area (Å²) >= 11 is 6.63. The van der Waals surface area contributed by atoms with E-state index in [0.29, 0.717) is 45.7 Å². The molecule has 1 fully saturated rings. The van der Waals surface area contributed by atoms with E-state index in [-0.39, 0.29) is 18.1 Å². The summed E-state index contributed by atoms with van der Waals surface area (Å²) in [7, 11) is 1.56. The van der Waals surface area contributed by atoms with E-state index in [2.05, 4.69) is 27.2 Å². The molecule has 10 heteroatoms. The number of carbonyl (C=O) groups is 1. The van der Waals surface area contributed by atoms with Crippen molar-refractivity contribution in [2.45, 2.75) is 38.8 Å². The summed E-state index contributed by atoms with van der Waals surface area (Å²) in [4.78, 5) is 30.0. The number of hydrogen-bond donors (Lipinski definition) is 1. The molecule has 9 nitrogen and oxygen atoms in total. The van der Waals surface area contributed by atoms with E-state index >= 15 is 0 Å². The maximum atomic E-state index is 11.7. The molecule has 0 bridgehead atoms. The van der Waals surface area contributed by atoms with Crippen LogP contribution in [-0.4, -0.2) is 49.7 Å². The van der Waals surface area contributed by atoms with Crippen molar-refractivity contribution in [3.63, 3.8) is 0 Å². The minimum absolute atomic E-state index is 0.108. The van der Waals surface area contributed by atoms with Crippen LogP contribution in [0.2, 0.25) is 5.02 Å². The average Bonchev–Trinajstić information content (AvgIpc) is 3.46. The highest BCUT2D eigenvalue weighted by Crippen LogP contribution is 2.41. The van der Waals surface area contributed by atoms with Crippen molar-refractivity contribution in [3.05, 3.63) is 59.1 Å². The Labute approximate surface area is 207 Å². The van der Waals surface area contributed by atoms with E-state index in [1.165, 1.54) is 6.33 Å². The highest BCUT2D eigenvalue weighted by molar-refractivity contribution is 6.33. The van der Waals surface area contributed by atoms with Crippen LogP contribution in [0.5, 0.6) is 11.6 Å². The Balaban J connectivity index is 1.63. The molecular formula is C25H25ClN6O3. The van der Waals surface area contributed by atoms with Crippen molar-refractivity contribution in [1.29, 1.82) is 0 Å². The number of carbonyl (C=O) groups excluding carboxylic acids is 1. The lowest BCUT2D eigenvalue weighted by Gasteiger charge is -2.12. The highest BCUT2D eigenvalue weighted by Gasteiger charge is 2.41. The third-order valence-electron chi connectivity index (χ3n) is 5.92. The molecule has 5 rings (SSSR count). The molecule has 0 spiro atoms. The molecule has 1 aliphatic rings. The molecule has 0 aliphatic heterocycles. The smallest absolute Gasteiger partial charge is 0.257 e. The van der Waals surface area contributed by atoms with Gasteiger partial charge in [0.2, 0.25) is 5.88 Å². The topological polar surface area (TPSA) is 104 Å². The molecule has 3 aromatic heterocycles. The van der Waals surface area contributed by atoms with Crippen molar-refractivity contribution in [2.75, 3.05) is 13.7 Å². The quantitative estimate of drug-likeness (QED) is 0.397. The third-order valence-corrected chi connectivity index (χ3v) is 6.24. The summed E-state index contributed by atoms with van der Waals surface area (Å²) in [5.41, 5.74) is 3.53. The first kappa shape index (κ1) is 23.0. The number of nitrogens with zero attached hydrogens (tertiary/aromatic N) is 5. The minimum Gasteiger partial charge on any atom is -0.484 e. The molecule has 1 amide bonds. The third kappa shape index (κ3) is 4.90. The van der Waals surface area contributed by atoms with Gasteiger partial charge in [-0.15, -0.1) is 0 Å². The molecule has 180 valence electrons. The number of nitrogens with one attached hydrogen (secondary N) is 1. The number of imidazole rings is 1. The second kappa shape index (κ2) is 9.14. The number of amides is 1. The Morgan fingerprint density at radius 2 is 2.03 bits per heavy atom. The van der Waals surface area contributed by atoms with Crippen LogP contribution in [0, 0.1) is 6.92 Å². The molecule has 3 heterocycles. The van der Waals surface area contributed by atoms with Crippen molar-refractivity contribution in [1.82, 2.24) is 29.8 Å². The Hall–Kier alpha value is -3.72. The Morgan fingerprint density at radius 3 is 2.77 bits per heavy atom. The molecule has 0 radical (unpaired) electrons. The van der Waals surface area contributed by atoms with Gasteiger partial charge in [0, 0.05) is 18.8 Å². The van der Waals surface area contributed by atoms with Gasteiger partial charge in [0.05, 0.1) is 17.3 Å². The summed E-state index contributed by atoms with van der Waals surface area (Å²) < 4.78 is 13.8. The SMILES string of the molecule is CNC(=O)COc1ccc(Cl)c(-c2nc3c(OC4(C)CC4)ncnc3n2Cc2cc(C)ccn2)c1. The Morgan fingerprint density at radius 1 is 1.20 bits per heavy atom. The lowest BCUT2D eigenvalue weighted by atomic mass is 10.2. The van der Waals surface area contributed by atoms with Crippen molar-refractivity contribution in [3.8, 4) is 23.0 Å². The normalized spacial score (nSPS) is 14.1. The van der Waals surface area contributed by atoms with Gasteiger partial charge in [-0.3, -0.25) is 9.78 Å². The molecule has 35 heavy (non-hydrogen) atoms. The number of halogens is 1. The molecule has 1 aromatic carbocycles. The molecule has 1 aliphatic carbocycles. The van der Waals surface area contributed by atoms with Gasteiger partial charge in [-0.1, -0.05) is 11.6 Å². The summed E-state index contributed by atoms with van der Waals surface area (Å²) in [6.07, 6.45) is 5.20. The first-order valence-corrected chi connectivity index (χ1v) is 11.7. The van der Waals surface area contributed by atoms with Gasteiger partial charge >= 0.3 is 0 Å².